The highest BCUT2D eigenvalue weighted by Crippen LogP contribution is 2.17. The minimum Gasteiger partial charge on any atom is -0.312 e. The third-order valence-electron chi connectivity index (χ3n) is 4.50. The van der Waals surface area contributed by atoms with Gasteiger partial charge in [-0.15, -0.1) is 0 Å². The number of hydrogen-bond acceptors (Lipinski definition) is 2. The lowest BCUT2D eigenvalue weighted by atomic mass is 9.92. The first-order valence-electron chi connectivity index (χ1n) is 7.66. The van der Waals surface area contributed by atoms with Crippen LogP contribution >= 0.6 is 0 Å². The number of nitrogens with one attached hydrogen (secondary N) is 1. The van der Waals surface area contributed by atoms with Gasteiger partial charge < -0.3 is 10.2 Å². The highest BCUT2D eigenvalue weighted by Gasteiger charge is 2.23. The Hall–Kier alpha value is -0.0800. The summed E-state index contributed by atoms with van der Waals surface area (Å²) in [5, 5.41) is 3.70. The molecule has 1 aliphatic heterocycles. The van der Waals surface area contributed by atoms with E-state index in [4.69, 9.17) is 0 Å². The molecule has 2 unspecified atom stereocenters. The van der Waals surface area contributed by atoms with Crippen molar-refractivity contribution in [2.75, 3.05) is 26.2 Å². The largest absolute Gasteiger partial charge is 0.312 e. The van der Waals surface area contributed by atoms with Gasteiger partial charge in [0.2, 0.25) is 0 Å². The van der Waals surface area contributed by atoms with Gasteiger partial charge in [-0.2, -0.15) is 0 Å². The van der Waals surface area contributed by atoms with Gasteiger partial charge in [0, 0.05) is 19.1 Å². The van der Waals surface area contributed by atoms with E-state index < -0.39 is 0 Å². The number of nitrogens with zero attached hydrogens (tertiary/aromatic N) is 1. The molecule has 1 fully saturated rings. The molecule has 0 aliphatic carbocycles. The molecule has 0 aromatic carbocycles. The maximum absolute atomic E-state index is 3.70. The summed E-state index contributed by atoms with van der Waals surface area (Å²) < 4.78 is 0. The average molecular weight is 240 g/mol. The molecule has 0 aromatic heterocycles. The molecule has 1 N–H and O–H groups in total. The van der Waals surface area contributed by atoms with Crippen molar-refractivity contribution in [3.63, 3.8) is 0 Å². The van der Waals surface area contributed by atoms with E-state index in [2.05, 4.69) is 37.9 Å². The average Bonchev–Trinajstić information content (AvgIpc) is 2.36. The summed E-state index contributed by atoms with van der Waals surface area (Å²) in [4.78, 5) is 2.65. The Kier molecular flexibility index (Phi) is 7.14. The zero-order chi connectivity index (χ0) is 12.7. The fourth-order valence-electron chi connectivity index (χ4n) is 2.88. The Bertz CT molecular complexity index is 189. The summed E-state index contributed by atoms with van der Waals surface area (Å²) in [6.45, 7) is 14.3. The van der Waals surface area contributed by atoms with Crippen LogP contribution in [0.3, 0.4) is 0 Å². The van der Waals surface area contributed by atoms with Gasteiger partial charge in [0.05, 0.1) is 0 Å². The maximum atomic E-state index is 3.70. The summed E-state index contributed by atoms with van der Waals surface area (Å²) in [5.41, 5.74) is 0. The Morgan fingerprint density at radius 1 is 1.24 bits per heavy atom. The Labute approximate surface area is 108 Å². The second-order valence-electron chi connectivity index (χ2n) is 5.71. The third-order valence-corrected chi connectivity index (χ3v) is 4.50. The summed E-state index contributed by atoms with van der Waals surface area (Å²) in [5.74, 6) is 1.73. The van der Waals surface area contributed by atoms with Crippen molar-refractivity contribution in [1.29, 1.82) is 0 Å². The molecule has 2 nitrogen and oxygen atoms in total. The number of likely N-dealkylation sites (N-methyl/N-ethyl adjacent to an activating group) is 1. The lowest BCUT2D eigenvalue weighted by Gasteiger charge is -2.35. The highest BCUT2D eigenvalue weighted by molar-refractivity contribution is 4.81. The molecule has 0 radical (unpaired) electrons. The molecule has 0 bridgehead atoms. The standard InChI is InChI=1S/C15H32N2/c1-5-14(6-2)11-17(7-3)12-15-13(4)9-8-10-16-15/h13-16H,5-12H2,1-4H3. The lowest BCUT2D eigenvalue weighted by Crippen LogP contribution is -2.48. The van der Waals surface area contributed by atoms with E-state index in [1.165, 1.54) is 51.9 Å². The highest BCUT2D eigenvalue weighted by atomic mass is 15.1. The molecule has 17 heavy (non-hydrogen) atoms. The number of piperidine rings is 1. The molecule has 0 amide bonds. The van der Waals surface area contributed by atoms with Gasteiger partial charge in [-0.25, -0.2) is 0 Å². The molecule has 1 rings (SSSR count). The van der Waals surface area contributed by atoms with E-state index in [-0.39, 0.29) is 0 Å². The quantitative estimate of drug-likeness (QED) is 0.735. The van der Waals surface area contributed by atoms with Crippen LogP contribution in [0.15, 0.2) is 0 Å². The molecule has 102 valence electrons. The third kappa shape index (κ3) is 4.97. The Morgan fingerprint density at radius 2 is 1.94 bits per heavy atom. The maximum Gasteiger partial charge on any atom is 0.0220 e. The summed E-state index contributed by atoms with van der Waals surface area (Å²) in [6.07, 6.45) is 5.40. The second-order valence-corrected chi connectivity index (χ2v) is 5.71. The van der Waals surface area contributed by atoms with Gasteiger partial charge in [0.15, 0.2) is 0 Å². The fourth-order valence-corrected chi connectivity index (χ4v) is 2.88. The van der Waals surface area contributed by atoms with Crippen molar-refractivity contribution in [2.45, 2.75) is 59.4 Å². The van der Waals surface area contributed by atoms with E-state index in [0.717, 1.165) is 17.9 Å². The van der Waals surface area contributed by atoms with Crippen molar-refractivity contribution in [3.8, 4) is 0 Å². The van der Waals surface area contributed by atoms with Crippen LogP contribution in [-0.2, 0) is 0 Å². The zero-order valence-electron chi connectivity index (χ0n) is 12.3. The zero-order valence-corrected chi connectivity index (χ0v) is 12.3. The lowest BCUT2D eigenvalue weighted by molar-refractivity contribution is 0.173. The van der Waals surface area contributed by atoms with Gasteiger partial charge in [-0.3, -0.25) is 0 Å². The number of rotatable bonds is 7. The van der Waals surface area contributed by atoms with E-state index in [1.807, 2.05) is 0 Å². The molecule has 2 heteroatoms. The van der Waals surface area contributed by atoms with Crippen LogP contribution < -0.4 is 5.32 Å². The van der Waals surface area contributed by atoms with Crippen molar-refractivity contribution in [3.05, 3.63) is 0 Å². The molecule has 1 aliphatic rings. The molecule has 0 saturated carbocycles. The Balaban J connectivity index is 2.39. The van der Waals surface area contributed by atoms with Gasteiger partial charge in [-0.1, -0.05) is 40.5 Å². The fraction of sp³-hybridized carbons (Fsp3) is 1.00. The minimum atomic E-state index is 0.720. The van der Waals surface area contributed by atoms with Gasteiger partial charge in [0.25, 0.3) is 0 Å². The Morgan fingerprint density at radius 3 is 2.47 bits per heavy atom. The van der Waals surface area contributed by atoms with Gasteiger partial charge in [-0.05, 0) is 37.8 Å². The van der Waals surface area contributed by atoms with Gasteiger partial charge >= 0.3 is 0 Å². The monoisotopic (exact) mass is 240 g/mol. The van der Waals surface area contributed by atoms with E-state index in [9.17, 15) is 0 Å². The van der Waals surface area contributed by atoms with Crippen LogP contribution in [0.5, 0.6) is 0 Å². The smallest absolute Gasteiger partial charge is 0.0220 e. The molecule has 1 saturated heterocycles. The minimum absolute atomic E-state index is 0.720. The van der Waals surface area contributed by atoms with Crippen LogP contribution in [-0.4, -0.2) is 37.1 Å². The summed E-state index contributed by atoms with van der Waals surface area (Å²) >= 11 is 0. The first-order chi connectivity index (χ1) is 8.21. The molecular weight excluding hydrogens is 208 g/mol. The first kappa shape index (κ1) is 15.0. The van der Waals surface area contributed by atoms with Gasteiger partial charge in [0.1, 0.15) is 0 Å². The first-order valence-corrected chi connectivity index (χ1v) is 7.66. The SMILES string of the molecule is CCC(CC)CN(CC)CC1NCCCC1C. The summed E-state index contributed by atoms with van der Waals surface area (Å²) in [7, 11) is 0. The molecule has 2 atom stereocenters. The van der Waals surface area contributed by atoms with E-state index >= 15 is 0 Å². The second kappa shape index (κ2) is 8.10. The topological polar surface area (TPSA) is 15.3 Å². The van der Waals surface area contributed by atoms with Crippen LogP contribution in [0.2, 0.25) is 0 Å². The van der Waals surface area contributed by atoms with E-state index in [0.29, 0.717) is 0 Å². The predicted octanol–water partition coefficient (Wildman–Crippen LogP) is 3.13. The van der Waals surface area contributed by atoms with Crippen molar-refractivity contribution >= 4 is 0 Å². The molecule has 0 spiro atoms. The number of hydrogen-bond donors (Lipinski definition) is 1. The van der Waals surface area contributed by atoms with Crippen LogP contribution in [0.25, 0.3) is 0 Å². The van der Waals surface area contributed by atoms with E-state index in [1.54, 1.807) is 0 Å². The van der Waals surface area contributed by atoms with Crippen LogP contribution in [0.4, 0.5) is 0 Å². The summed E-state index contributed by atoms with van der Waals surface area (Å²) in [6, 6.07) is 0.720. The predicted molar refractivity (Wildman–Crippen MR) is 76.4 cm³/mol. The van der Waals surface area contributed by atoms with Crippen molar-refractivity contribution < 1.29 is 0 Å². The molecule has 0 aromatic rings. The van der Waals surface area contributed by atoms with Crippen LogP contribution in [0.1, 0.15) is 53.4 Å². The van der Waals surface area contributed by atoms with Crippen molar-refractivity contribution in [1.82, 2.24) is 10.2 Å². The van der Waals surface area contributed by atoms with Crippen molar-refractivity contribution in [2.24, 2.45) is 11.8 Å². The van der Waals surface area contributed by atoms with Crippen LogP contribution in [0, 0.1) is 11.8 Å². The molecule has 1 heterocycles. The normalized spacial score (nSPS) is 25.8. The molecular formula is C15H32N2.